The number of nitrogens with two attached hydrogens (primary N) is 1. The molecule has 0 aliphatic rings. The maximum atomic E-state index is 13.4. The van der Waals surface area contributed by atoms with Gasteiger partial charge >= 0.3 is 0 Å². The largest absolute Gasteiger partial charge is 0.324 e. The van der Waals surface area contributed by atoms with Crippen LogP contribution in [0.1, 0.15) is 22.7 Å². The number of hydrogen-bond acceptors (Lipinski definition) is 1. The maximum Gasteiger partial charge on any atom is 0.159 e. The smallest absolute Gasteiger partial charge is 0.159 e. The predicted molar refractivity (Wildman–Crippen MR) is 68.1 cm³/mol. The van der Waals surface area contributed by atoms with Crippen LogP contribution >= 0.6 is 0 Å². The summed E-state index contributed by atoms with van der Waals surface area (Å²) in [7, 11) is 0. The van der Waals surface area contributed by atoms with Crippen molar-refractivity contribution >= 4 is 0 Å². The lowest BCUT2D eigenvalue weighted by Gasteiger charge is -2.13. The van der Waals surface area contributed by atoms with Crippen LogP contribution in [-0.2, 0) is 6.42 Å². The first-order chi connectivity index (χ1) is 8.97. The molecule has 19 heavy (non-hydrogen) atoms. The van der Waals surface area contributed by atoms with E-state index < -0.39 is 17.7 Å². The van der Waals surface area contributed by atoms with Crippen LogP contribution in [0.25, 0.3) is 0 Å². The van der Waals surface area contributed by atoms with Gasteiger partial charge < -0.3 is 5.73 Å². The van der Waals surface area contributed by atoms with Crippen LogP contribution in [0.5, 0.6) is 0 Å². The first-order valence-electron chi connectivity index (χ1n) is 5.93. The van der Waals surface area contributed by atoms with Gasteiger partial charge in [-0.1, -0.05) is 18.2 Å². The lowest BCUT2D eigenvalue weighted by Crippen LogP contribution is -2.14. The Morgan fingerprint density at radius 3 is 2.32 bits per heavy atom. The average molecular weight is 265 g/mol. The molecule has 0 aromatic heterocycles. The molecule has 1 nitrogen and oxygen atoms in total. The second-order valence-corrected chi connectivity index (χ2v) is 4.57. The van der Waals surface area contributed by atoms with E-state index in [0.29, 0.717) is 23.1 Å². The van der Waals surface area contributed by atoms with Crippen molar-refractivity contribution in [2.24, 2.45) is 5.73 Å². The van der Waals surface area contributed by atoms with Crippen molar-refractivity contribution in [3.63, 3.8) is 0 Å². The molecule has 4 heteroatoms. The number of aryl methyl sites for hydroxylation is 1. The third kappa shape index (κ3) is 3.15. The van der Waals surface area contributed by atoms with E-state index in [0.717, 1.165) is 12.1 Å². The molecule has 0 amide bonds. The highest BCUT2D eigenvalue weighted by Gasteiger charge is 2.11. The Morgan fingerprint density at radius 1 is 0.947 bits per heavy atom. The van der Waals surface area contributed by atoms with Gasteiger partial charge in [-0.2, -0.15) is 0 Å². The summed E-state index contributed by atoms with van der Waals surface area (Å²) in [6.45, 7) is 1.67. The SMILES string of the molecule is Cc1ccc(C(N)Cc2ccc(F)c(F)c2)cc1F. The number of rotatable bonds is 3. The second-order valence-electron chi connectivity index (χ2n) is 4.57. The monoisotopic (exact) mass is 265 g/mol. The van der Waals surface area contributed by atoms with Crippen molar-refractivity contribution in [1.82, 2.24) is 0 Å². The molecular weight excluding hydrogens is 251 g/mol. The second kappa shape index (κ2) is 5.45. The van der Waals surface area contributed by atoms with Crippen LogP contribution in [0.4, 0.5) is 13.2 Å². The van der Waals surface area contributed by atoms with Crippen LogP contribution < -0.4 is 5.73 Å². The van der Waals surface area contributed by atoms with Crippen molar-refractivity contribution in [3.05, 3.63) is 70.5 Å². The van der Waals surface area contributed by atoms with Crippen molar-refractivity contribution in [2.75, 3.05) is 0 Å². The Balaban J connectivity index is 2.17. The van der Waals surface area contributed by atoms with Crippen molar-refractivity contribution < 1.29 is 13.2 Å². The van der Waals surface area contributed by atoms with Crippen LogP contribution in [0.3, 0.4) is 0 Å². The molecule has 100 valence electrons. The van der Waals surface area contributed by atoms with Gasteiger partial charge in [0.15, 0.2) is 11.6 Å². The Morgan fingerprint density at radius 2 is 1.68 bits per heavy atom. The summed E-state index contributed by atoms with van der Waals surface area (Å²) in [6, 6.07) is 7.95. The Kier molecular flexibility index (Phi) is 3.90. The van der Waals surface area contributed by atoms with E-state index in [1.54, 1.807) is 19.1 Å². The molecule has 2 aromatic carbocycles. The van der Waals surface area contributed by atoms with Crippen LogP contribution in [-0.4, -0.2) is 0 Å². The molecule has 2 N–H and O–H groups in total. The topological polar surface area (TPSA) is 26.0 Å². The highest BCUT2D eigenvalue weighted by molar-refractivity contribution is 5.28. The zero-order chi connectivity index (χ0) is 14.0. The minimum absolute atomic E-state index is 0.319. The molecular formula is C15H14F3N. The van der Waals surface area contributed by atoms with E-state index >= 15 is 0 Å². The Hall–Kier alpha value is -1.81. The summed E-state index contributed by atoms with van der Waals surface area (Å²) < 4.78 is 39.3. The third-order valence-corrected chi connectivity index (χ3v) is 3.06. The summed E-state index contributed by atoms with van der Waals surface area (Å²) in [5.74, 6) is -2.11. The van der Waals surface area contributed by atoms with E-state index in [2.05, 4.69) is 0 Å². The molecule has 0 saturated carbocycles. The molecule has 2 aromatic rings. The van der Waals surface area contributed by atoms with E-state index in [4.69, 9.17) is 5.73 Å². The van der Waals surface area contributed by atoms with Crippen LogP contribution in [0.2, 0.25) is 0 Å². The molecule has 1 atom stereocenters. The average Bonchev–Trinajstić information content (AvgIpc) is 2.37. The highest BCUT2D eigenvalue weighted by Crippen LogP contribution is 2.19. The fraction of sp³-hybridized carbons (Fsp3) is 0.200. The lowest BCUT2D eigenvalue weighted by atomic mass is 9.98. The van der Waals surface area contributed by atoms with Gasteiger partial charge in [0, 0.05) is 6.04 Å². The quantitative estimate of drug-likeness (QED) is 0.900. The maximum absolute atomic E-state index is 13.4. The summed E-state index contributed by atoms with van der Waals surface area (Å²) in [6.07, 6.45) is 0.319. The molecule has 0 fully saturated rings. The lowest BCUT2D eigenvalue weighted by molar-refractivity contribution is 0.506. The van der Waals surface area contributed by atoms with Gasteiger partial charge in [-0.05, 0) is 48.2 Å². The van der Waals surface area contributed by atoms with Crippen molar-refractivity contribution in [3.8, 4) is 0 Å². The van der Waals surface area contributed by atoms with Gasteiger partial charge in [-0.15, -0.1) is 0 Å². The number of hydrogen-bond donors (Lipinski definition) is 1. The van der Waals surface area contributed by atoms with Gasteiger partial charge in [0.25, 0.3) is 0 Å². The van der Waals surface area contributed by atoms with Crippen molar-refractivity contribution in [2.45, 2.75) is 19.4 Å². The van der Waals surface area contributed by atoms with Gasteiger partial charge in [0.05, 0.1) is 0 Å². The molecule has 0 saturated heterocycles. The zero-order valence-electron chi connectivity index (χ0n) is 10.5. The summed E-state index contributed by atoms with van der Waals surface area (Å²) in [5, 5.41) is 0. The summed E-state index contributed by atoms with van der Waals surface area (Å²) in [4.78, 5) is 0. The third-order valence-electron chi connectivity index (χ3n) is 3.06. The predicted octanol–water partition coefficient (Wildman–Crippen LogP) is 3.65. The first kappa shape index (κ1) is 13.6. The van der Waals surface area contributed by atoms with Crippen LogP contribution in [0, 0.1) is 24.4 Å². The van der Waals surface area contributed by atoms with Gasteiger partial charge in [0.2, 0.25) is 0 Å². The van der Waals surface area contributed by atoms with Gasteiger partial charge in [-0.3, -0.25) is 0 Å². The van der Waals surface area contributed by atoms with E-state index in [1.807, 2.05) is 0 Å². The van der Waals surface area contributed by atoms with E-state index in [1.165, 1.54) is 12.1 Å². The highest BCUT2D eigenvalue weighted by atomic mass is 19.2. The van der Waals surface area contributed by atoms with Crippen LogP contribution in [0.15, 0.2) is 36.4 Å². The summed E-state index contributed by atoms with van der Waals surface area (Å²) in [5.41, 5.74) is 7.70. The fourth-order valence-corrected chi connectivity index (χ4v) is 1.88. The minimum Gasteiger partial charge on any atom is -0.324 e. The molecule has 0 radical (unpaired) electrons. The van der Waals surface area contributed by atoms with E-state index in [9.17, 15) is 13.2 Å². The molecule has 0 aliphatic heterocycles. The number of benzene rings is 2. The normalized spacial score (nSPS) is 12.5. The Bertz CT molecular complexity index is 596. The van der Waals surface area contributed by atoms with Gasteiger partial charge in [-0.25, -0.2) is 13.2 Å². The number of halogens is 3. The zero-order valence-corrected chi connectivity index (χ0v) is 10.5. The molecule has 0 bridgehead atoms. The molecule has 0 heterocycles. The molecule has 0 aliphatic carbocycles. The first-order valence-corrected chi connectivity index (χ1v) is 5.93. The van der Waals surface area contributed by atoms with Gasteiger partial charge in [0.1, 0.15) is 5.82 Å². The molecule has 0 spiro atoms. The van der Waals surface area contributed by atoms with E-state index in [-0.39, 0.29) is 5.82 Å². The Labute approximate surface area is 109 Å². The van der Waals surface area contributed by atoms with Crippen molar-refractivity contribution in [1.29, 1.82) is 0 Å². The standard InChI is InChI=1S/C15H14F3N/c1-9-2-4-11(8-13(9)17)15(19)7-10-3-5-12(16)14(18)6-10/h2-6,8,15H,7,19H2,1H3. The fourth-order valence-electron chi connectivity index (χ4n) is 1.88. The summed E-state index contributed by atoms with van der Waals surface area (Å²) >= 11 is 0. The molecule has 2 rings (SSSR count). The minimum atomic E-state index is -0.903. The molecule has 1 unspecified atom stereocenters.